The second-order valence-electron chi connectivity index (χ2n) is 5.87. The first-order valence-electron chi connectivity index (χ1n) is 8.17. The van der Waals surface area contributed by atoms with Crippen molar-refractivity contribution < 1.29 is 13.9 Å². The van der Waals surface area contributed by atoms with E-state index in [0.29, 0.717) is 11.0 Å². The third-order valence-corrected chi connectivity index (χ3v) is 4.16. The number of aromatic amines is 1. The lowest BCUT2D eigenvalue weighted by Crippen LogP contribution is -2.03. The van der Waals surface area contributed by atoms with Crippen LogP contribution in [0.4, 0.5) is 10.1 Å². The van der Waals surface area contributed by atoms with Crippen LogP contribution in [0.1, 0.15) is 21.5 Å². The second kappa shape index (κ2) is 6.81. The molecule has 7 nitrogen and oxygen atoms in total. The van der Waals surface area contributed by atoms with Crippen molar-refractivity contribution in [1.29, 1.82) is 5.26 Å². The van der Waals surface area contributed by atoms with Crippen molar-refractivity contribution in [1.82, 2.24) is 15.0 Å². The molecule has 0 saturated heterocycles. The quantitative estimate of drug-likeness (QED) is 0.528. The van der Waals surface area contributed by atoms with Gasteiger partial charge in [-0.3, -0.25) is 4.79 Å². The van der Waals surface area contributed by atoms with Crippen LogP contribution in [-0.4, -0.2) is 20.7 Å². The van der Waals surface area contributed by atoms with Gasteiger partial charge in [0.2, 0.25) is 5.88 Å². The summed E-state index contributed by atoms with van der Waals surface area (Å²) in [5, 5.41) is 9.50. The van der Waals surface area contributed by atoms with Crippen molar-refractivity contribution in [3.05, 3.63) is 77.5 Å². The van der Waals surface area contributed by atoms with E-state index in [1.54, 1.807) is 12.1 Å². The number of carbonyl (C=O) groups is 1. The van der Waals surface area contributed by atoms with Gasteiger partial charge in [0.15, 0.2) is 17.3 Å². The number of aromatic nitrogens is 3. The normalized spacial score (nSPS) is 10.6. The Bertz CT molecular complexity index is 1240. The van der Waals surface area contributed by atoms with Crippen molar-refractivity contribution in [3.8, 4) is 17.7 Å². The minimum absolute atomic E-state index is 0.0357. The largest absolute Gasteiger partial charge is 0.436 e. The number of carbonyl (C=O) groups excluding carboxylic acids is 1. The van der Waals surface area contributed by atoms with E-state index in [-0.39, 0.29) is 39.8 Å². The van der Waals surface area contributed by atoms with E-state index in [2.05, 4.69) is 15.0 Å². The summed E-state index contributed by atoms with van der Waals surface area (Å²) < 4.78 is 19.1. The van der Waals surface area contributed by atoms with Crippen molar-refractivity contribution in [2.24, 2.45) is 0 Å². The maximum absolute atomic E-state index is 13.7. The second-order valence-corrected chi connectivity index (χ2v) is 5.87. The molecule has 3 heterocycles. The zero-order valence-electron chi connectivity index (χ0n) is 14.3. The number of nitrogens with one attached hydrogen (secondary N) is 1. The molecule has 0 aliphatic carbocycles. The Balaban J connectivity index is 1.65. The fraction of sp³-hybridized carbons (Fsp3) is 0. The summed E-state index contributed by atoms with van der Waals surface area (Å²) in [6.07, 6.45) is 4.16. The van der Waals surface area contributed by atoms with Crippen molar-refractivity contribution >= 4 is 22.5 Å². The number of para-hydroxylation sites is 1. The molecule has 0 radical (unpaired) electrons. The molecule has 0 saturated carbocycles. The first-order valence-corrected chi connectivity index (χ1v) is 8.17. The van der Waals surface area contributed by atoms with E-state index in [1.807, 2.05) is 6.07 Å². The fourth-order valence-corrected chi connectivity index (χ4v) is 2.76. The molecule has 4 rings (SSSR count). The SMILES string of the molecule is N#Cc1cnc2[nH]cc(C(=O)c3ccc(Oc4ccccc4F)nc3)c2c1N. The van der Waals surface area contributed by atoms with Crippen molar-refractivity contribution in [2.75, 3.05) is 5.73 Å². The number of halogens is 1. The summed E-state index contributed by atoms with van der Waals surface area (Å²) >= 11 is 0. The van der Waals surface area contributed by atoms with E-state index in [4.69, 9.17) is 15.7 Å². The van der Waals surface area contributed by atoms with E-state index in [0.717, 1.165) is 0 Å². The molecular weight excluding hydrogens is 361 g/mol. The Kier molecular flexibility index (Phi) is 4.18. The molecular formula is C20H12FN5O2. The zero-order chi connectivity index (χ0) is 19.7. The molecule has 0 aliphatic rings. The number of H-pyrrole nitrogens is 1. The Hall–Kier alpha value is -4.25. The number of ketones is 1. The maximum Gasteiger partial charge on any atom is 0.219 e. The minimum Gasteiger partial charge on any atom is -0.436 e. The topological polar surface area (TPSA) is 118 Å². The summed E-state index contributed by atoms with van der Waals surface area (Å²) in [4.78, 5) is 23.9. The lowest BCUT2D eigenvalue weighted by atomic mass is 10.0. The van der Waals surface area contributed by atoms with Gasteiger partial charge in [-0.05, 0) is 18.2 Å². The Morgan fingerprint density at radius 3 is 2.71 bits per heavy atom. The molecule has 0 unspecified atom stereocenters. The van der Waals surface area contributed by atoms with Crippen LogP contribution in [0.25, 0.3) is 11.0 Å². The average Bonchev–Trinajstić information content (AvgIpc) is 3.15. The van der Waals surface area contributed by atoms with Crippen LogP contribution in [-0.2, 0) is 0 Å². The lowest BCUT2D eigenvalue weighted by molar-refractivity contribution is 0.104. The predicted octanol–water partition coefficient (Wildman–Crippen LogP) is 3.57. The molecule has 4 aromatic rings. The van der Waals surface area contributed by atoms with Crippen LogP contribution in [0.15, 0.2) is 55.0 Å². The number of pyridine rings is 2. The van der Waals surface area contributed by atoms with Gasteiger partial charge in [-0.25, -0.2) is 14.4 Å². The highest BCUT2D eigenvalue weighted by Crippen LogP contribution is 2.28. The number of fused-ring (bicyclic) bond motifs is 1. The average molecular weight is 373 g/mol. The fourth-order valence-electron chi connectivity index (χ4n) is 2.76. The molecule has 0 spiro atoms. The van der Waals surface area contributed by atoms with Crippen LogP contribution >= 0.6 is 0 Å². The smallest absolute Gasteiger partial charge is 0.219 e. The number of nitrogens with zero attached hydrogens (tertiary/aromatic N) is 3. The van der Waals surface area contributed by atoms with E-state index in [9.17, 15) is 9.18 Å². The van der Waals surface area contributed by atoms with Crippen LogP contribution in [0, 0.1) is 17.1 Å². The zero-order valence-corrected chi connectivity index (χ0v) is 14.3. The van der Waals surface area contributed by atoms with Gasteiger partial charge in [0, 0.05) is 30.2 Å². The summed E-state index contributed by atoms with van der Waals surface area (Å²) in [6.45, 7) is 0. The molecule has 0 bridgehead atoms. The molecule has 0 fully saturated rings. The third-order valence-electron chi connectivity index (χ3n) is 4.16. The van der Waals surface area contributed by atoms with Crippen LogP contribution in [0.5, 0.6) is 11.6 Å². The number of benzene rings is 1. The highest BCUT2D eigenvalue weighted by molar-refractivity contribution is 6.18. The number of nitrogens with two attached hydrogens (primary N) is 1. The van der Waals surface area contributed by atoms with Gasteiger partial charge >= 0.3 is 0 Å². The number of nitrogen functional groups attached to an aromatic ring is 1. The van der Waals surface area contributed by atoms with Gasteiger partial charge < -0.3 is 15.5 Å². The summed E-state index contributed by atoms with van der Waals surface area (Å²) in [5.41, 5.74) is 7.35. The number of hydrogen-bond acceptors (Lipinski definition) is 6. The van der Waals surface area contributed by atoms with Gasteiger partial charge in [-0.1, -0.05) is 12.1 Å². The Morgan fingerprint density at radius 1 is 1.18 bits per heavy atom. The first kappa shape index (κ1) is 17.2. The van der Waals surface area contributed by atoms with Gasteiger partial charge in [-0.15, -0.1) is 0 Å². The van der Waals surface area contributed by atoms with Gasteiger partial charge in [0.05, 0.1) is 22.2 Å². The lowest BCUT2D eigenvalue weighted by Gasteiger charge is -2.06. The molecule has 8 heteroatoms. The number of anilines is 1. The monoisotopic (exact) mass is 373 g/mol. The van der Waals surface area contributed by atoms with E-state index < -0.39 is 5.82 Å². The molecule has 28 heavy (non-hydrogen) atoms. The molecule has 136 valence electrons. The van der Waals surface area contributed by atoms with Crippen LogP contribution in [0.3, 0.4) is 0 Å². The van der Waals surface area contributed by atoms with Gasteiger partial charge in [-0.2, -0.15) is 5.26 Å². The number of hydrogen-bond donors (Lipinski definition) is 2. The standard InChI is InChI=1S/C20H12FN5O2/c21-14-3-1-2-4-15(14)28-16-6-5-11(8-24-16)19(27)13-10-26-20-17(13)18(23)12(7-22)9-25-20/h1-6,8-10H,(H3,23,25,26). The number of rotatable bonds is 4. The highest BCUT2D eigenvalue weighted by atomic mass is 19.1. The van der Waals surface area contributed by atoms with E-state index >= 15 is 0 Å². The minimum atomic E-state index is -0.514. The summed E-state index contributed by atoms with van der Waals surface area (Å²) in [5.74, 6) is -0.679. The van der Waals surface area contributed by atoms with Crippen molar-refractivity contribution in [3.63, 3.8) is 0 Å². The molecule has 0 amide bonds. The predicted molar refractivity (Wildman–Crippen MR) is 99.4 cm³/mol. The number of nitriles is 1. The molecule has 3 N–H and O–H groups in total. The third kappa shape index (κ3) is 2.91. The maximum atomic E-state index is 13.7. The summed E-state index contributed by atoms with van der Waals surface area (Å²) in [6, 6.07) is 10.9. The van der Waals surface area contributed by atoms with E-state index in [1.165, 1.54) is 42.9 Å². The number of ether oxygens (including phenoxy) is 1. The molecule has 0 atom stereocenters. The first-order chi connectivity index (χ1) is 13.6. The van der Waals surface area contributed by atoms with Gasteiger partial charge in [0.1, 0.15) is 11.7 Å². The van der Waals surface area contributed by atoms with Crippen LogP contribution < -0.4 is 10.5 Å². The summed E-state index contributed by atoms with van der Waals surface area (Å²) in [7, 11) is 0. The Morgan fingerprint density at radius 2 is 2.00 bits per heavy atom. The highest BCUT2D eigenvalue weighted by Gasteiger charge is 2.19. The van der Waals surface area contributed by atoms with Gasteiger partial charge in [0.25, 0.3) is 0 Å². The Labute approximate surface area is 158 Å². The van der Waals surface area contributed by atoms with Crippen LogP contribution in [0.2, 0.25) is 0 Å². The molecule has 1 aromatic carbocycles. The molecule has 0 aliphatic heterocycles. The van der Waals surface area contributed by atoms with Crippen molar-refractivity contribution in [2.45, 2.75) is 0 Å². The molecule has 3 aromatic heterocycles.